The van der Waals surface area contributed by atoms with Gasteiger partial charge in [0.2, 0.25) is 0 Å². The second-order valence-corrected chi connectivity index (χ2v) is 14.5. The second kappa shape index (κ2) is 11.5. The Kier molecular flexibility index (Phi) is 6.70. The number of benzene rings is 6. The zero-order valence-corrected chi connectivity index (χ0v) is 29.2. The van der Waals surface area contributed by atoms with E-state index in [1.54, 1.807) is 0 Å². The quantitative estimate of drug-likeness (QED) is 0.182. The van der Waals surface area contributed by atoms with Gasteiger partial charge < -0.3 is 19.0 Å². The van der Waals surface area contributed by atoms with Gasteiger partial charge in [0.15, 0.2) is 0 Å². The minimum Gasteiger partial charge on any atom is -0.457 e. The van der Waals surface area contributed by atoms with Gasteiger partial charge in [-0.2, -0.15) is 0 Å². The molecule has 0 unspecified atom stereocenters. The number of nitrogens with zero attached hydrogens (tertiary/aromatic N) is 4. The third-order valence-electron chi connectivity index (χ3n) is 10.3. The van der Waals surface area contributed by atoms with Crippen molar-refractivity contribution in [1.82, 2.24) is 9.55 Å². The Morgan fingerprint density at radius 3 is 2.21 bits per heavy atom. The fraction of sp³-hybridized carbons (Fsp3) is 0.109. The number of pyridine rings is 1. The summed E-state index contributed by atoms with van der Waals surface area (Å²) in [5.74, 6) is 2.43. The zero-order chi connectivity index (χ0) is 35.0. The fourth-order valence-electron chi connectivity index (χ4n) is 7.73. The number of hydrogen-bond acceptors (Lipinski definition) is 5. The van der Waals surface area contributed by atoms with Gasteiger partial charge in [0.25, 0.3) is 0 Å². The predicted molar refractivity (Wildman–Crippen MR) is 213 cm³/mol. The molecule has 3 aromatic heterocycles. The lowest BCUT2D eigenvalue weighted by molar-refractivity contribution is 0.483. The highest BCUT2D eigenvalue weighted by molar-refractivity contribution is 6.17. The molecule has 6 nitrogen and oxygen atoms in total. The summed E-state index contributed by atoms with van der Waals surface area (Å²) in [4.78, 5) is 9.58. The summed E-state index contributed by atoms with van der Waals surface area (Å²) < 4.78 is 15.3. The number of para-hydroxylation sites is 3. The number of anilines is 4. The average molecular weight is 677 g/mol. The number of fused-ring (bicyclic) bond motifs is 8. The van der Waals surface area contributed by atoms with Crippen LogP contribution >= 0.6 is 0 Å². The third-order valence-corrected chi connectivity index (χ3v) is 10.3. The highest BCUT2D eigenvalue weighted by atomic mass is 16.5. The van der Waals surface area contributed by atoms with Crippen LogP contribution in [-0.2, 0) is 5.41 Å². The van der Waals surface area contributed by atoms with Crippen LogP contribution in [0.1, 0.15) is 26.3 Å². The monoisotopic (exact) mass is 676 g/mol. The van der Waals surface area contributed by atoms with Crippen LogP contribution in [-0.4, -0.2) is 16.2 Å². The summed E-state index contributed by atoms with van der Waals surface area (Å²) in [6, 6.07) is 50.7. The molecule has 1 aliphatic heterocycles. The fourth-order valence-corrected chi connectivity index (χ4v) is 7.73. The summed E-state index contributed by atoms with van der Waals surface area (Å²) in [5.41, 5.74) is 9.62. The van der Waals surface area contributed by atoms with Gasteiger partial charge in [-0.15, -0.1) is 0 Å². The van der Waals surface area contributed by atoms with E-state index in [2.05, 4.69) is 163 Å². The van der Waals surface area contributed by atoms with E-state index in [1.807, 2.05) is 24.4 Å². The highest BCUT2D eigenvalue weighted by Gasteiger charge is 2.32. The number of ether oxygens (including phenoxy) is 1. The lowest BCUT2D eigenvalue weighted by Crippen LogP contribution is -2.23. The predicted octanol–water partition coefficient (Wildman–Crippen LogP) is 12.4. The Morgan fingerprint density at radius 2 is 1.35 bits per heavy atom. The van der Waals surface area contributed by atoms with Gasteiger partial charge in [-0.3, -0.25) is 4.57 Å². The van der Waals surface area contributed by atoms with Crippen LogP contribution < -0.4 is 14.5 Å². The van der Waals surface area contributed by atoms with E-state index in [1.165, 1.54) is 10.9 Å². The standard InChI is InChI=1S/C46H36N4O2/c1-46(2,3)30-24-25-47-43(26-30)50-38-18-9-7-16-35(38)36-21-20-34(28-40(36)50)51-33-15-11-14-32(27-33)48-29-49(31-12-5-4-6-13-31)45-39(48)22-23-42-44(45)37-17-8-10-19-41(37)52-42/h4-28H,29H2,1-3H3. The molecule has 0 spiro atoms. The van der Waals surface area contributed by atoms with Crippen LogP contribution in [0, 0.1) is 0 Å². The molecule has 0 bridgehead atoms. The largest absolute Gasteiger partial charge is 0.457 e. The lowest BCUT2D eigenvalue weighted by Gasteiger charge is -2.22. The molecule has 1 aliphatic rings. The molecule has 6 heteroatoms. The zero-order valence-electron chi connectivity index (χ0n) is 29.2. The molecule has 9 aromatic rings. The Balaban J connectivity index is 1.06. The van der Waals surface area contributed by atoms with Gasteiger partial charge >= 0.3 is 0 Å². The molecule has 0 amide bonds. The van der Waals surface area contributed by atoms with Crippen LogP contribution in [0.2, 0.25) is 0 Å². The molecule has 0 fully saturated rings. The summed E-state index contributed by atoms with van der Waals surface area (Å²) in [6.07, 6.45) is 1.91. The summed E-state index contributed by atoms with van der Waals surface area (Å²) in [7, 11) is 0. The maximum atomic E-state index is 6.68. The van der Waals surface area contributed by atoms with E-state index in [0.717, 1.165) is 78.4 Å². The van der Waals surface area contributed by atoms with Crippen molar-refractivity contribution in [1.29, 1.82) is 0 Å². The lowest BCUT2D eigenvalue weighted by atomic mass is 9.88. The van der Waals surface area contributed by atoms with Gasteiger partial charge in [-0.05, 0) is 83.8 Å². The normalized spacial score (nSPS) is 13.1. The van der Waals surface area contributed by atoms with Gasteiger partial charge in [0, 0.05) is 45.9 Å². The van der Waals surface area contributed by atoms with Crippen LogP contribution in [0.4, 0.5) is 22.7 Å². The van der Waals surface area contributed by atoms with Crippen molar-refractivity contribution >= 4 is 66.5 Å². The first-order valence-electron chi connectivity index (χ1n) is 17.7. The molecular weight excluding hydrogens is 641 g/mol. The highest BCUT2D eigenvalue weighted by Crippen LogP contribution is 2.51. The van der Waals surface area contributed by atoms with E-state index in [9.17, 15) is 0 Å². The van der Waals surface area contributed by atoms with Gasteiger partial charge in [-0.1, -0.05) is 81.4 Å². The van der Waals surface area contributed by atoms with Crippen LogP contribution in [0.15, 0.2) is 156 Å². The summed E-state index contributed by atoms with van der Waals surface area (Å²) >= 11 is 0. The average Bonchev–Trinajstić information content (AvgIpc) is 3.84. The van der Waals surface area contributed by atoms with Gasteiger partial charge in [-0.25, -0.2) is 4.98 Å². The van der Waals surface area contributed by atoms with E-state index in [4.69, 9.17) is 14.1 Å². The second-order valence-electron chi connectivity index (χ2n) is 14.5. The van der Waals surface area contributed by atoms with E-state index >= 15 is 0 Å². The number of furan rings is 1. The van der Waals surface area contributed by atoms with E-state index in [0.29, 0.717) is 6.67 Å². The van der Waals surface area contributed by atoms with E-state index < -0.39 is 0 Å². The molecule has 52 heavy (non-hydrogen) atoms. The SMILES string of the molecule is CC(C)(C)c1ccnc(-n2c3ccccc3c3ccc(Oc4cccc(N5CN(c6ccccc6)c6c5ccc5oc7ccccc7c65)c4)cc32)c1. The molecule has 0 aliphatic carbocycles. The van der Waals surface area contributed by atoms with Gasteiger partial charge in [0.1, 0.15) is 35.2 Å². The van der Waals surface area contributed by atoms with Crippen LogP contribution in [0.5, 0.6) is 11.5 Å². The minimum absolute atomic E-state index is 0.00202. The Hall–Kier alpha value is -6.53. The van der Waals surface area contributed by atoms with Crippen LogP contribution in [0.3, 0.4) is 0 Å². The van der Waals surface area contributed by atoms with Crippen molar-refractivity contribution in [2.75, 3.05) is 16.5 Å². The molecule has 0 N–H and O–H groups in total. The van der Waals surface area contributed by atoms with Crippen molar-refractivity contribution in [3.63, 3.8) is 0 Å². The Bertz CT molecular complexity index is 2810. The van der Waals surface area contributed by atoms with Crippen LogP contribution in [0.25, 0.3) is 49.6 Å². The molecule has 0 saturated carbocycles. The Labute approximate surface area is 301 Å². The molecular formula is C46H36N4O2. The summed E-state index contributed by atoms with van der Waals surface area (Å²) in [5, 5.41) is 4.58. The maximum absolute atomic E-state index is 6.68. The Morgan fingerprint density at radius 1 is 0.596 bits per heavy atom. The molecule has 252 valence electrons. The molecule has 4 heterocycles. The van der Waals surface area contributed by atoms with Crippen molar-refractivity contribution < 1.29 is 9.15 Å². The van der Waals surface area contributed by atoms with Crippen molar-refractivity contribution in [3.8, 4) is 17.3 Å². The topological polar surface area (TPSA) is 46.7 Å². The van der Waals surface area contributed by atoms with E-state index in [-0.39, 0.29) is 5.41 Å². The first-order valence-corrected chi connectivity index (χ1v) is 17.7. The number of hydrogen-bond donors (Lipinski definition) is 0. The minimum atomic E-state index is 0.00202. The first kappa shape index (κ1) is 30.3. The van der Waals surface area contributed by atoms with Crippen molar-refractivity contribution in [2.24, 2.45) is 0 Å². The molecule has 0 radical (unpaired) electrons. The first-order chi connectivity index (χ1) is 25.4. The van der Waals surface area contributed by atoms with Crippen molar-refractivity contribution in [2.45, 2.75) is 26.2 Å². The summed E-state index contributed by atoms with van der Waals surface area (Å²) in [6.45, 7) is 7.35. The van der Waals surface area contributed by atoms with Crippen molar-refractivity contribution in [3.05, 3.63) is 157 Å². The molecule has 0 atom stereocenters. The smallest absolute Gasteiger partial charge is 0.137 e. The maximum Gasteiger partial charge on any atom is 0.137 e. The number of aromatic nitrogens is 2. The number of rotatable bonds is 5. The van der Waals surface area contributed by atoms with Gasteiger partial charge in [0.05, 0.1) is 27.8 Å². The molecule has 10 rings (SSSR count). The molecule has 0 saturated heterocycles. The third kappa shape index (κ3) is 4.83. The molecule has 6 aromatic carbocycles.